The Labute approximate surface area is 193 Å². The third-order valence-electron chi connectivity index (χ3n) is 5.37. The van der Waals surface area contributed by atoms with Crippen molar-refractivity contribution in [2.24, 2.45) is 11.3 Å². The van der Waals surface area contributed by atoms with Crippen LogP contribution < -0.4 is 4.74 Å². The fourth-order valence-corrected chi connectivity index (χ4v) is 3.34. The van der Waals surface area contributed by atoms with Crippen LogP contribution in [0.3, 0.4) is 0 Å². The number of non-ortho nitro benzene ring substituents is 1. The molecule has 34 heavy (non-hydrogen) atoms. The fraction of sp³-hybridized carbons (Fsp3) is 0.364. The Kier molecular flexibility index (Phi) is 8.48. The van der Waals surface area contributed by atoms with E-state index in [1.807, 2.05) is 0 Å². The second kappa shape index (κ2) is 11.1. The van der Waals surface area contributed by atoms with Gasteiger partial charge in [0.15, 0.2) is 0 Å². The van der Waals surface area contributed by atoms with Crippen LogP contribution in [0.15, 0.2) is 48.1 Å². The predicted molar refractivity (Wildman–Crippen MR) is 116 cm³/mol. The number of esters is 1. The highest BCUT2D eigenvalue weighted by molar-refractivity contribution is 5.93. The number of amides is 1. The molecule has 1 aliphatic heterocycles. The van der Waals surface area contributed by atoms with Crippen molar-refractivity contribution in [3.8, 4) is 5.75 Å². The summed E-state index contributed by atoms with van der Waals surface area (Å²) in [5.41, 5.74) is -1.04. The van der Waals surface area contributed by atoms with E-state index in [1.54, 1.807) is 0 Å². The summed E-state index contributed by atoms with van der Waals surface area (Å²) in [6.07, 6.45) is 4.73. The van der Waals surface area contributed by atoms with Crippen LogP contribution in [-0.2, 0) is 14.4 Å². The molecule has 12 nitrogen and oxygen atoms in total. The van der Waals surface area contributed by atoms with Gasteiger partial charge in [-0.15, -0.1) is 0 Å². The Morgan fingerprint density at radius 2 is 1.79 bits per heavy atom. The molecule has 3 N–H and O–H groups in total. The molecule has 1 fully saturated rings. The van der Waals surface area contributed by atoms with Gasteiger partial charge in [0.25, 0.3) is 5.69 Å². The number of carbonyl (C=O) groups is 4. The van der Waals surface area contributed by atoms with E-state index >= 15 is 0 Å². The molecule has 2 unspecified atom stereocenters. The molecule has 1 saturated heterocycles. The van der Waals surface area contributed by atoms with E-state index in [1.165, 1.54) is 49.4 Å². The molecule has 0 saturated carbocycles. The molecule has 0 radical (unpaired) electrons. The van der Waals surface area contributed by atoms with Gasteiger partial charge in [0.05, 0.1) is 16.3 Å². The van der Waals surface area contributed by atoms with E-state index in [-0.39, 0.29) is 30.0 Å². The van der Waals surface area contributed by atoms with Gasteiger partial charge in [0, 0.05) is 30.8 Å². The minimum absolute atomic E-state index is 0.0185. The van der Waals surface area contributed by atoms with Crippen molar-refractivity contribution in [1.82, 2.24) is 4.90 Å². The normalized spacial score (nSPS) is 21.4. The summed E-state index contributed by atoms with van der Waals surface area (Å²) in [5.74, 6) is -2.97. The summed E-state index contributed by atoms with van der Waals surface area (Å²) in [6, 6.07) is 5.07. The van der Waals surface area contributed by atoms with Crippen molar-refractivity contribution in [3.63, 3.8) is 0 Å². The zero-order chi connectivity index (χ0) is 25.5. The average molecular weight is 476 g/mol. The fourth-order valence-electron chi connectivity index (χ4n) is 3.34. The number of nitro groups is 1. The average Bonchev–Trinajstić information content (AvgIpc) is 2.80. The van der Waals surface area contributed by atoms with Gasteiger partial charge in [-0.2, -0.15) is 0 Å². The molecule has 1 aromatic rings. The van der Waals surface area contributed by atoms with Crippen LogP contribution in [0.25, 0.3) is 0 Å². The monoisotopic (exact) mass is 476 g/mol. The Balaban J connectivity index is 0.000000287. The number of benzene rings is 1. The molecule has 1 aromatic carbocycles. The summed E-state index contributed by atoms with van der Waals surface area (Å²) in [7, 11) is 0. The molecule has 0 spiro atoms. The number of nitro benzene ring substituents is 1. The lowest BCUT2D eigenvalue weighted by atomic mass is 9.80. The molecular weight excluding hydrogens is 452 g/mol. The first-order chi connectivity index (χ1) is 15.9. The third kappa shape index (κ3) is 6.89. The Bertz CT molecular complexity index is 1010. The maximum atomic E-state index is 12.0. The van der Waals surface area contributed by atoms with Crippen molar-refractivity contribution in [3.05, 3.63) is 58.2 Å². The van der Waals surface area contributed by atoms with Crippen LogP contribution in [0.1, 0.15) is 26.2 Å². The second-order valence-electron chi connectivity index (χ2n) is 8.00. The second-order valence-corrected chi connectivity index (χ2v) is 8.00. The number of aliphatic carboxylic acids is 2. The highest BCUT2D eigenvalue weighted by Crippen LogP contribution is 2.32. The van der Waals surface area contributed by atoms with Crippen LogP contribution in [0.2, 0.25) is 0 Å². The van der Waals surface area contributed by atoms with Crippen molar-refractivity contribution < 1.29 is 44.2 Å². The molecule has 2 aliphatic rings. The molecule has 12 heteroatoms. The summed E-state index contributed by atoms with van der Waals surface area (Å²) >= 11 is 0. The lowest BCUT2D eigenvalue weighted by Crippen LogP contribution is -2.41. The molecule has 3 rings (SSSR count). The number of likely N-dealkylation sites (tertiary alicyclic amines) is 1. The number of allylic oxidation sites excluding steroid dienone is 2. The molecular formula is C22H24N2O10. The number of nitrogens with zero attached hydrogens (tertiary/aromatic N) is 2. The Morgan fingerprint density at radius 1 is 1.15 bits per heavy atom. The van der Waals surface area contributed by atoms with Crippen LogP contribution in [0, 0.1) is 21.4 Å². The number of hydrogen-bond donors (Lipinski definition) is 3. The summed E-state index contributed by atoms with van der Waals surface area (Å²) in [6.45, 7) is 2.10. The minimum atomic E-state index is -1.15. The van der Waals surface area contributed by atoms with Gasteiger partial charge in [-0.3, -0.25) is 19.7 Å². The maximum absolute atomic E-state index is 12.0. The Morgan fingerprint density at radius 3 is 2.32 bits per heavy atom. The molecule has 0 aromatic heterocycles. The predicted octanol–water partition coefficient (Wildman–Crippen LogP) is 2.94. The van der Waals surface area contributed by atoms with Gasteiger partial charge in [-0.25, -0.2) is 9.59 Å². The molecule has 1 heterocycles. The van der Waals surface area contributed by atoms with Crippen molar-refractivity contribution >= 4 is 29.7 Å². The number of carboxylic acids is 2. The van der Waals surface area contributed by atoms with Crippen molar-refractivity contribution in [2.45, 2.75) is 26.2 Å². The summed E-state index contributed by atoms with van der Waals surface area (Å²) in [4.78, 5) is 55.4. The highest BCUT2D eigenvalue weighted by atomic mass is 16.6. The lowest BCUT2D eigenvalue weighted by molar-refractivity contribution is -0.384. The number of carboxylic acid groups (broad SMARTS) is 3. The Hall–Kier alpha value is -4.22. The first-order valence-corrected chi connectivity index (χ1v) is 10.2. The number of carbonyl (C=O) groups excluding carboxylic acids is 1. The molecule has 182 valence electrons. The molecule has 1 aliphatic carbocycles. The first-order valence-electron chi connectivity index (χ1n) is 10.2. The van der Waals surface area contributed by atoms with E-state index in [2.05, 4.69) is 0 Å². The van der Waals surface area contributed by atoms with Crippen LogP contribution in [0.4, 0.5) is 10.5 Å². The van der Waals surface area contributed by atoms with E-state index in [9.17, 15) is 34.4 Å². The maximum Gasteiger partial charge on any atom is 0.407 e. The number of rotatable bonds is 5. The lowest BCUT2D eigenvalue weighted by Gasteiger charge is -2.27. The largest absolute Gasteiger partial charge is 0.481 e. The zero-order valence-corrected chi connectivity index (χ0v) is 18.2. The summed E-state index contributed by atoms with van der Waals surface area (Å²) in [5, 5.41) is 36.9. The van der Waals surface area contributed by atoms with Gasteiger partial charge >= 0.3 is 24.0 Å². The van der Waals surface area contributed by atoms with Gasteiger partial charge in [0.1, 0.15) is 5.75 Å². The van der Waals surface area contributed by atoms with Gasteiger partial charge in [-0.1, -0.05) is 18.2 Å². The third-order valence-corrected chi connectivity index (χ3v) is 5.37. The topological polar surface area (TPSA) is 185 Å². The minimum Gasteiger partial charge on any atom is -0.481 e. The molecule has 2 atom stereocenters. The van der Waals surface area contributed by atoms with E-state index in [0.717, 1.165) is 4.90 Å². The SMILES string of the molecule is CC1(C(=O)O)C=CC=C(C(=O)Oc2ccc([N+](=O)[O-])cc2)C1.O=C(O)C1CCCN(C(=O)O)C1. The number of hydrogen-bond acceptors (Lipinski definition) is 7. The standard InChI is InChI=1S/C15H13NO6.C7H11NO4/c1-15(14(18)19)8-2-3-10(9-15)13(17)22-12-6-4-11(5-7-12)16(20)21;9-6(10)5-2-1-3-8(4-5)7(11)12/h2-8H,9H2,1H3,(H,18,19);5H,1-4H2,(H,9,10)(H,11,12). The van der Waals surface area contributed by atoms with Gasteiger partial charge in [-0.05, 0) is 38.3 Å². The van der Waals surface area contributed by atoms with Crippen molar-refractivity contribution in [1.29, 1.82) is 0 Å². The first kappa shape index (κ1) is 26.0. The number of piperidine rings is 1. The van der Waals surface area contributed by atoms with E-state index in [0.29, 0.717) is 19.4 Å². The highest BCUT2D eigenvalue weighted by Gasteiger charge is 2.35. The zero-order valence-electron chi connectivity index (χ0n) is 18.2. The smallest absolute Gasteiger partial charge is 0.407 e. The number of ether oxygens (including phenoxy) is 1. The van der Waals surface area contributed by atoms with Crippen LogP contribution >= 0.6 is 0 Å². The van der Waals surface area contributed by atoms with Crippen LogP contribution in [0.5, 0.6) is 5.75 Å². The molecule has 1 amide bonds. The van der Waals surface area contributed by atoms with E-state index in [4.69, 9.17) is 14.9 Å². The van der Waals surface area contributed by atoms with Crippen LogP contribution in [-0.4, -0.2) is 62.2 Å². The van der Waals surface area contributed by atoms with Gasteiger partial charge in [0.2, 0.25) is 0 Å². The van der Waals surface area contributed by atoms with E-state index < -0.39 is 40.3 Å². The van der Waals surface area contributed by atoms with Gasteiger partial charge < -0.3 is 25.0 Å². The molecule has 0 bridgehead atoms. The summed E-state index contributed by atoms with van der Waals surface area (Å²) < 4.78 is 5.11. The van der Waals surface area contributed by atoms with Crippen molar-refractivity contribution in [2.75, 3.05) is 13.1 Å². The quantitative estimate of drug-likeness (QED) is 0.247.